The van der Waals surface area contributed by atoms with Crippen molar-refractivity contribution in [1.82, 2.24) is 4.90 Å². The molecular formula is C18H28N2. The second-order valence-corrected chi connectivity index (χ2v) is 6.69. The van der Waals surface area contributed by atoms with Crippen molar-refractivity contribution >= 4 is 5.69 Å². The summed E-state index contributed by atoms with van der Waals surface area (Å²) < 4.78 is 0. The molecule has 1 aliphatic carbocycles. The predicted molar refractivity (Wildman–Crippen MR) is 86.2 cm³/mol. The number of hydrogen-bond donors (Lipinski definition) is 1. The third-order valence-electron chi connectivity index (χ3n) is 5.18. The van der Waals surface area contributed by atoms with E-state index in [-0.39, 0.29) is 0 Å². The van der Waals surface area contributed by atoms with Crippen LogP contribution in [0.3, 0.4) is 0 Å². The fourth-order valence-electron chi connectivity index (χ4n) is 3.91. The van der Waals surface area contributed by atoms with Crippen LogP contribution in [0, 0.1) is 18.8 Å². The van der Waals surface area contributed by atoms with Crippen LogP contribution in [0.4, 0.5) is 5.69 Å². The van der Waals surface area contributed by atoms with E-state index >= 15 is 0 Å². The van der Waals surface area contributed by atoms with Gasteiger partial charge in [-0.3, -0.25) is 0 Å². The Kier molecular flexibility index (Phi) is 4.62. The van der Waals surface area contributed by atoms with E-state index in [1.807, 2.05) is 0 Å². The van der Waals surface area contributed by atoms with Crippen LogP contribution >= 0.6 is 0 Å². The summed E-state index contributed by atoms with van der Waals surface area (Å²) in [6.07, 6.45) is 7.37. The molecule has 0 bridgehead atoms. The molecule has 0 amide bonds. The van der Waals surface area contributed by atoms with Crippen LogP contribution < -0.4 is 5.32 Å². The van der Waals surface area contributed by atoms with Gasteiger partial charge in [-0.25, -0.2) is 0 Å². The maximum absolute atomic E-state index is 3.55. The van der Waals surface area contributed by atoms with E-state index < -0.39 is 0 Å². The van der Waals surface area contributed by atoms with Gasteiger partial charge in [0, 0.05) is 25.3 Å². The van der Waals surface area contributed by atoms with Gasteiger partial charge in [0.05, 0.1) is 0 Å². The number of nitrogens with zero attached hydrogens (tertiary/aromatic N) is 1. The molecule has 2 fully saturated rings. The van der Waals surface area contributed by atoms with E-state index in [1.54, 1.807) is 0 Å². The van der Waals surface area contributed by atoms with Crippen molar-refractivity contribution in [3.8, 4) is 0 Å². The number of likely N-dealkylation sites (tertiary alicyclic amines) is 1. The summed E-state index contributed by atoms with van der Waals surface area (Å²) in [5.41, 5.74) is 2.58. The Balaban J connectivity index is 1.41. The van der Waals surface area contributed by atoms with Crippen LogP contribution in [-0.2, 0) is 0 Å². The van der Waals surface area contributed by atoms with Crippen LogP contribution in [0.1, 0.15) is 37.7 Å². The zero-order valence-electron chi connectivity index (χ0n) is 12.8. The van der Waals surface area contributed by atoms with E-state index in [1.165, 1.54) is 63.0 Å². The van der Waals surface area contributed by atoms with Crippen LogP contribution in [-0.4, -0.2) is 31.1 Å². The lowest BCUT2D eigenvalue weighted by Gasteiger charge is -2.41. The number of aryl methyl sites for hydroxylation is 1. The second kappa shape index (κ2) is 6.62. The Morgan fingerprint density at radius 2 is 1.80 bits per heavy atom. The van der Waals surface area contributed by atoms with E-state index in [0.717, 1.165) is 18.4 Å². The molecule has 2 aliphatic rings. The first-order valence-electron chi connectivity index (χ1n) is 8.34. The summed E-state index contributed by atoms with van der Waals surface area (Å²) in [4.78, 5) is 2.67. The van der Waals surface area contributed by atoms with E-state index in [0.29, 0.717) is 0 Å². The third-order valence-corrected chi connectivity index (χ3v) is 5.18. The van der Waals surface area contributed by atoms with Gasteiger partial charge in [0.1, 0.15) is 0 Å². The Morgan fingerprint density at radius 3 is 2.60 bits per heavy atom. The molecule has 1 saturated carbocycles. The molecule has 2 heteroatoms. The van der Waals surface area contributed by atoms with E-state index in [9.17, 15) is 0 Å². The van der Waals surface area contributed by atoms with Gasteiger partial charge in [-0.1, -0.05) is 37.0 Å². The monoisotopic (exact) mass is 272 g/mol. The lowest BCUT2D eigenvalue weighted by molar-refractivity contribution is 0.0898. The van der Waals surface area contributed by atoms with E-state index in [2.05, 4.69) is 41.4 Å². The SMILES string of the molecule is Cc1ccc(NCCN2CCC3CCCCC3C2)cc1. The van der Waals surface area contributed by atoms with Gasteiger partial charge < -0.3 is 10.2 Å². The number of benzene rings is 1. The van der Waals surface area contributed by atoms with Crippen molar-refractivity contribution in [2.24, 2.45) is 11.8 Å². The van der Waals surface area contributed by atoms with Gasteiger partial charge in [0.25, 0.3) is 0 Å². The highest BCUT2D eigenvalue weighted by molar-refractivity contribution is 5.44. The summed E-state index contributed by atoms with van der Waals surface area (Å²) in [6, 6.07) is 8.72. The Bertz CT molecular complexity index is 412. The zero-order valence-corrected chi connectivity index (χ0v) is 12.8. The molecule has 2 unspecified atom stereocenters. The van der Waals surface area contributed by atoms with Crippen molar-refractivity contribution in [2.75, 3.05) is 31.5 Å². The zero-order chi connectivity index (χ0) is 13.8. The van der Waals surface area contributed by atoms with Gasteiger partial charge in [-0.15, -0.1) is 0 Å². The number of rotatable bonds is 4. The highest BCUT2D eigenvalue weighted by Gasteiger charge is 2.30. The quantitative estimate of drug-likeness (QED) is 0.893. The minimum absolute atomic E-state index is 0.997. The van der Waals surface area contributed by atoms with Crippen molar-refractivity contribution in [1.29, 1.82) is 0 Å². The molecule has 20 heavy (non-hydrogen) atoms. The number of fused-ring (bicyclic) bond motifs is 1. The first-order chi connectivity index (χ1) is 9.81. The van der Waals surface area contributed by atoms with Gasteiger partial charge in [-0.2, -0.15) is 0 Å². The molecule has 1 saturated heterocycles. The fourth-order valence-corrected chi connectivity index (χ4v) is 3.91. The molecule has 0 radical (unpaired) electrons. The first-order valence-corrected chi connectivity index (χ1v) is 8.34. The van der Waals surface area contributed by atoms with Crippen molar-refractivity contribution in [3.05, 3.63) is 29.8 Å². The maximum Gasteiger partial charge on any atom is 0.0340 e. The summed E-state index contributed by atoms with van der Waals surface area (Å²) in [5.74, 6) is 2.04. The van der Waals surface area contributed by atoms with Gasteiger partial charge in [0.15, 0.2) is 0 Å². The molecule has 1 aromatic rings. The van der Waals surface area contributed by atoms with Gasteiger partial charge in [0.2, 0.25) is 0 Å². The highest BCUT2D eigenvalue weighted by Crippen LogP contribution is 2.35. The summed E-state index contributed by atoms with van der Waals surface area (Å²) in [7, 11) is 0. The van der Waals surface area contributed by atoms with Crippen molar-refractivity contribution in [2.45, 2.75) is 39.0 Å². The molecule has 0 spiro atoms. The van der Waals surface area contributed by atoms with Crippen molar-refractivity contribution < 1.29 is 0 Å². The molecule has 110 valence electrons. The Hall–Kier alpha value is -1.02. The molecular weight excluding hydrogens is 244 g/mol. The fraction of sp³-hybridized carbons (Fsp3) is 0.667. The standard InChI is InChI=1S/C18H28N2/c1-15-6-8-18(9-7-15)19-11-13-20-12-10-16-4-2-3-5-17(16)14-20/h6-9,16-17,19H,2-5,10-14H2,1H3. The molecule has 2 nitrogen and oxygen atoms in total. The van der Waals surface area contributed by atoms with Gasteiger partial charge in [-0.05, 0) is 50.3 Å². The normalized spacial score (nSPS) is 27.1. The molecule has 2 atom stereocenters. The average Bonchev–Trinajstić information content (AvgIpc) is 2.49. The largest absolute Gasteiger partial charge is 0.384 e. The molecule has 1 aliphatic heterocycles. The van der Waals surface area contributed by atoms with Crippen LogP contribution in [0.5, 0.6) is 0 Å². The minimum Gasteiger partial charge on any atom is -0.384 e. The number of nitrogens with one attached hydrogen (secondary N) is 1. The number of piperidine rings is 1. The number of hydrogen-bond acceptors (Lipinski definition) is 2. The van der Waals surface area contributed by atoms with Gasteiger partial charge >= 0.3 is 0 Å². The van der Waals surface area contributed by atoms with Crippen LogP contribution in [0.15, 0.2) is 24.3 Å². The minimum atomic E-state index is 0.997. The predicted octanol–water partition coefficient (Wildman–Crippen LogP) is 3.92. The topological polar surface area (TPSA) is 15.3 Å². The Labute approximate surface area is 123 Å². The molecule has 1 aromatic carbocycles. The smallest absolute Gasteiger partial charge is 0.0340 e. The summed E-state index contributed by atoms with van der Waals surface area (Å²) in [5, 5.41) is 3.55. The molecule has 1 N–H and O–H groups in total. The number of anilines is 1. The maximum atomic E-state index is 3.55. The van der Waals surface area contributed by atoms with E-state index in [4.69, 9.17) is 0 Å². The lowest BCUT2D eigenvalue weighted by Crippen LogP contribution is -2.43. The molecule has 1 heterocycles. The van der Waals surface area contributed by atoms with Crippen molar-refractivity contribution in [3.63, 3.8) is 0 Å². The van der Waals surface area contributed by atoms with Crippen LogP contribution in [0.2, 0.25) is 0 Å². The highest BCUT2D eigenvalue weighted by atomic mass is 15.1. The molecule has 0 aromatic heterocycles. The third kappa shape index (κ3) is 3.54. The summed E-state index contributed by atoms with van der Waals surface area (Å²) >= 11 is 0. The summed E-state index contributed by atoms with van der Waals surface area (Å²) in [6.45, 7) is 7.06. The van der Waals surface area contributed by atoms with Crippen LogP contribution in [0.25, 0.3) is 0 Å². The average molecular weight is 272 g/mol. The molecule has 3 rings (SSSR count). The lowest BCUT2D eigenvalue weighted by atomic mass is 9.75. The first kappa shape index (κ1) is 13.9. The second-order valence-electron chi connectivity index (χ2n) is 6.69. The Morgan fingerprint density at radius 1 is 1.05 bits per heavy atom.